The van der Waals surface area contributed by atoms with Gasteiger partial charge < -0.3 is 13.6 Å². The molecule has 2 aromatic heterocycles. The van der Waals surface area contributed by atoms with Crippen molar-refractivity contribution in [2.45, 2.75) is 12.8 Å². The van der Waals surface area contributed by atoms with Crippen LogP contribution in [0.25, 0.3) is 0 Å². The summed E-state index contributed by atoms with van der Waals surface area (Å²) in [4.78, 5) is 0. The number of hydrogen-bond donors (Lipinski definition) is 0. The summed E-state index contributed by atoms with van der Waals surface area (Å²) in [5.41, 5.74) is 0. The minimum absolute atomic E-state index is 0.546. The highest BCUT2D eigenvalue weighted by molar-refractivity contribution is 5.10. The van der Waals surface area contributed by atoms with Crippen LogP contribution >= 0.6 is 0 Å². The second kappa shape index (κ2) is 5.25. The average molecular weight is 230 g/mol. The molecule has 2 aromatic rings. The van der Waals surface area contributed by atoms with Gasteiger partial charge in [0.15, 0.2) is 0 Å². The Morgan fingerprint density at radius 3 is 1.76 bits per heavy atom. The Kier molecular flexibility index (Phi) is 3.50. The van der Waals surface area contributed by atoms with Crippen molar-refractivity contribution in [2.24, 2.45) is 0 Å². The molecule has 2 rings (SSSR count). The van der Waals surface area contributed by atoms with E-state index in [4.69, 9.17) is 13.6 Å². The summed E-state index contributed by atoms with van der Waals surface area (Å²) in [5.74, 6) is 2.86. The number of ether oxygens (including phenoxy) is 1. The molecular weight excluding hydrogens is 216 g/mol. The largest absolute Gasteiger partial charge is 0.469 e. The van der Waals surface area contributed by atoms with Crippen LogP contribution < -0.4 is 0 Å². The Bertz CT molecular complexity index is 431. The van der Waals surface area contributed by atoms with Gasteiger partial charge >= 0.3 is 0 Å². The Balaban J connectivity index is 1.80. The van der Waals surface area contributed by atoms with Crippen LogP contribution in [0.5, 0.6) is 0 Å². The molecule has 0 aliphatic rings. The SMILES string of the molecule is C=C(Cc1ccco1)OC(=C)Cc1ccco1. The van der Waals surface area contributed by atoms with E-state index < -0.39 is 0 Å². The van der Waals surface area contributed by atoms with Crippen molar-refractivity contribution < 1.29 is 13.6 Å². The Hall–Kier alpha value is -2.16. The maximum Gasteiger partial charge on any atom is 0.111 e. The molecule has 0 N–H and O–H groups in total. The third kappa shape index (κ3) is 3.41. The topological polar surface area (TPSA) is 35.5 Å². The third-order valence-electron chi connectivity index (χ3n) is 2.19. The van der Waals surface area contributed by atoms with Crippen LogP contribution in [0, 0.1) is 0 Å². The fourth-order valence-electron chi connectivity index (χ4n) is 1.49. The highest BCUT2D eigenvalue weighted by Gasteiger charge is 2.05. The molecule has 3 heteroatoms. The van der Waals surface area contributed by atoms with Gasteiger partial charge in [0.1, 0.15) is 23.0 Å². The Morgan fingerprint density at radius 1 is 0.941 bits per heavy atom. The maximum absolute atomic E-state index is 5.49. The van der Waals surface area contributed by atoms with Gasteiger partial charge in [0.2, 0.25) is 0 Å². The molecule has 0 aromatic carbocycles. The molecule has 17 heavy (non-hydrogen) atoms. The van der Waals surface area contributed by atoms with Crippen molar-refractivity contribution in [1.29, 1.82) is 0 Å². The van der Waals surface area contributed by atoms with Crippen LogP contribution in [0.2, 0.25) is 0 Å². The van der Waals surface area contributed by atoms with Crippen molar-refractivity contribution in [3.05, 3.63) is 73.0 Å². The van der Waals surface area contributed by atoms with Gasteiger partial charge in [-0.2, -0.15) is 0 Å². The lowest BCUT2D eigenvalue weighted by Gasteiger charge is -2.08. The zero-order chi connectivity index (χ0) is 12.1. The molecule has 0 amide bonds. The maximum atomic E-state index is 5.49. The quantitative estimate of drug-likeness (QED) is 0.710. The van der Waals surface area contributed by atoms with Crippen LogP contribution in [0.3, 0.4) is 0 Å². The van der Waals surface area contributed by atoms with Gasteiger partial charge in [0, 0.05) is 0 Å². The summed E-state index contributed by atoms with van der Waals surface area (Å²) >= 11 is 0. The minimum Gasteiger partial charge on any atom is -0.469 e. The van der Waals surface area contributed by atoms with E-state index in [0.29, 0.717) is 24.4 Å². The molecule has 0 spiro atoms. The first kappa shape index (κ1) is 11.3. The lowest BCUT2D eigenvalue weighted by Crippen LogP contribution is -1.97. The van der Waals surface area contributed by atoms with E-state index >= 15 is 0 Å². The first-order valence-electron chi connectivity index (χ1n) is 5.32. The molecular formula is C14H14O3. The highest BCUT2D eigenvalue weighted by Crippen LogP contribution is 2.14. The van der Waals surface area contributed by atoms with Gasteiger partial charge in [-0.15, -0.1) is 0 Å². The first-order chi connectivity index (χ1) is 8.24. The van der Waals surface area contributed by atoms with Gasteiger partial charge in [0.05, 0.1) is 25.4 Å². The molecule has 0 saturated heterocycles. The number of rotatable bonds is 6. The standard InChI is InChI=1S/C14H14O3/c1-11(9-13-5-3-7-15-13)17-12(2)10-14-6-4-8-16-14/h3-8H,1-2,9-10H2. The smallest absolute Gasteiger partial charge is 0.111 e. The number of hydrogen-bond acceptors (Lipinski definition) is 3. The fraction of sp³-hybridized carbons (Fsp3) is 0.143. The van der Waals surface area contributed by atoms with E-state index in [1.165, 1.54) is 0 Å². The van der Waals surface area contributed by atoms with Crippen molar-refractivity contribution >= 4 is 0 Å². The zero-order valence-corrected chi connectivity index (χ0v) is 9.52. The first-order valence-corrected chi connectivity index (χ1v) is 5.32. The normalized spacial score (nSPS) is 10.1. The minimum atomic E-state index is 0.546. The van der Waals surface area contributed by atoms with Gasteiger partial charge in [-0.3, -0.25) is 0 Å². The summed E-state index contributed by atoms with van der Waals surface area (Å²) in [6.07, 6.45) is 4.34. The summed E-state index contributed by atoms with van der Waals surface area (Å²) < 4.78 is 15.9. The van der Waals surface area contributed by atoms with Gasteiger partial charge in [-0.25, -0.2) is 0 Å². The van der Waals surface area contributed by atoms with Crippen molar-refractivity contribution in [3.8, 4) is 0 Å². The predicted octanol–water partition coefficient (Wildman–Crippen LogP) is 3.70. The van der Waals surface area contributed by atoms with E-state index in [1.54, 1.807) is 12.5 Å². The number of furan rings is 2. The van der Waals surface area contributed by atoms with E-state index in [1.807, 2.05) is 24.3 Å². The van der Waals surface area contributed by atoms with Crippen LogP contribution in [0.15, 0.2) is 70.3 Å². The Morgan fingerprint density at radius 2 is 1.41 bits per heavy atom. The summed E-state index contributed by atoms with van der Waals surface area (Å²) in [6.45, 7) is 7.65. The molecule has 0 aliphatic carbocycles. The highest BCUT2D eigenvalue weighted by atomic mass is 16.5. The fourth-order valence-corrected chi connectivity index (χ4v) is 1.49. The van der Waals surface area contributed by atoms with Crippen LogP contribution in [0.1, 0.15) is 11.5 Å². The second-order valence-corrected chi connectivity index (χ2v) is 3.69. The van der Waals surface area contributed by atoms with Gasteiger partial charge in [-0.05, 0) is 24.3 Å². The molecule has 0 radical (unpaired) electrons. The van der Waals surface area contributed by atoms with Gasteiger partial charge in [-0.1, -0.05) is 13.2 Å². The Labute approximate surface area is 100 Å². The van der Waals surface area contributed by atoms with E-state index in [0.717, 1.165) is 11.5 Å². The van der Waals surface area contributed by atoms with Crippen molar-refractivity contribution in [2.75, 3.05) is 0 Å². The monoisotopic (exact) mass is 230 g/mol. The van der Waals surface area contributed by atoms with Crippen molar-refractivity contribution in [3.63, 3.8) is 0 Å². The van der Waals surface area contributed by atoms with E-state index in [-0.39, 0.29) is 0 Å². The zero-order valence-electron chi connectivity index (χ0n) is 9.52. The van der Waals surface area contributed by atoms with Crippen LogP contribution in [0.4, 0.5) is 0 Å². The summed E-state index contributed by atoms with van der Waals surface area (Å²) in [7, 11) is 0. The number of allylic oxidation sites excluding steroid dienone is 2. The summed E-state index contributed by atoms with van der Waals surface area (Å²) in [5, 5.41) is 0. The molecule has 88 valence electrons. The van der Waals surface area contributed by atoms with Crippen LogP contribution in [-0.4, -0.2) is 0 Å². The molecule has 0 saturated carbocycles. The van der Waals surface area contributed by atoms with E-state index in [2.05, 4.69) is 13.2 Å². The molecule has 0 bridgehead atoms. The molecule has 3 nitrogen and oxygen atoms in total. The van der Waals surface area contributed by atoms with E-state index in [9.17, 15) is 0 Å². The molecule has 0 aliphatic heterocycles. The molecule has 0 atom stereocenters. The average Bonchev–Trinajstić information content (AvgIpc) is 2.90. The van der Waals surface area contributed by atoms with Crippen LogP contribution in [-0.2, 0) is 17.6 Å². The predicted molar refractivity (Wildman–Crippen MR) is 64.2 cm³/mol. The van der Waals surface area contributed by atoms with Gasteiger partial charge in [0.25, 0.3) is 0 Å². The second-order valence-electron chi connectivity index (χ2n) is 3.69. The molecule has 0 fully saturated rings. The molecule has 0 unspecified atom stereocenters. The third-order valence-corrected chi connectivity index (χ3v) is 2.19. The lowest BCUT2D eigenvalue weighted by atomic mass is 10.3. The molecule has 2 heterocycles. The lowest BCUT2D eigenvalue weighted by molar-refractivity contribution is 0.280. The van der Waals surface area contributed by atoms with Crippen molar-refractivity contribution in [1.82, 2.24) is 0 Å². The summed E-state index contributed by atoms with van der Waals surface area (Å²) in [6, 6.07) is 7.42.